The molecule has 32 heavy (non-hydrogen) atoms. The number of rotatable bonds is 7. The number of fused-ring (bicyclic) bond motifs is 1. The summed E-state index contributed by atoms with van der Waals surface area (Å²) in [6, 6.07) is 6.49. The molecule has 0 bridgehead atoms. The Hall–Kier alpha value is -2.85. The first-order chi connectivity index (χ1) is 15.3. The molecule has 10 heteroatoms. The Labute approximate surface area is 189 Å². The maximum atomic E-state index is 13.2. The van der Waals surface area contributed by atoms with Gasteiger partial charge < -0.3 is 24.6 Å². The van der Waals surface area contributed by atoms with Crippen LogP contribution < -0.4 is 10.1 Å². The van der Waals surface area contributed by atoms with E-state index in [1.807, 2.05) is 38.1 Å². The van der Waals surface area contributed by atoms with E-state index in [-0.39, 0.29) is 36.9 Å². The molecule has 0 aliphatic carbocycles. The largest absolute Gasteiger partial charge is 0.497 e. The zero-order valence-corrected chi connectivity index (χ0v) is 19.4. The van der Waals surface area contributed by atoms with Gasteiger partial charge in [-0.1, -0.05) is 26.0 Å². The third-order valence-electron chi connectivity index (χ3n) is 5.88. The van der Waals surface area contributed by atoms with Gasteiger partial charge >= 0.3 is 6.03 Å². The first-order valence-corrected chi connectivity index (χ1v) is 10.8. The fourth-order valence-electron chi connectivity index (χ4n) is 4.27. The van der Waals surface area contributed by atoms with Crippen molar-refractivity contribution >= 4 is 17.8 Å². The second-order valence-corrected chi connectivity index (χ2v) is 8.41. The van der Waals surface area contributed by atoms with Gasteiger partial charge in [0.1, 0.15) is 18.0 Å². The molecule has 2 fully saturated rings. The van der Waals surface area contributed by atoms with E-state index in [2.05, 4.69) is 5.32 Å². The summed E-state index contributed by atoms with van der Waals surface area (Å²) in [6.07, 6.45) is -0.584. The van der Waals surface area contributed by atoms with E-state index in [4.69, 9.17) is 9.47 Å². The molecule has 2 saturated heterocycles. The quantitative estimate of drug-likeness (QED) is 0.663. The van der Waals surface area contributed by atoms with Crippen LogP contribution in [0, 0.1) is 5.92 Å². The van der Waals surface area contributed by atoms with E-state index in [1.165, 1.54) is 0 Å². The van der Waals surface area contributed by atoms with Gasteiger partial charge in [0.25, 0.3) is 0 Å². The molecule has 0 spiro atoms. The van der Waals surface area contributed by atoms with E-state index < -0.39 is 12.2 Å². The number of nitrogens with one attached hydrogen (secondary N) is 1. The Balaban J connectivity index is 1.81. The van der Waals surface area contributed by atoms with Crippen LogP contribution in [0.1, 0.15) is 19.4 Å². The van der Waals surface area contributed by atoms with Gasteiger partial charge in [-0.15, -0.1) is 0 Å². The van der Waals surface area contributed by atoms with Crippen LogP contribution in [0.2, 0.25) is 0 Å². The van der Waals surface area contributed by atoms with Crippen LogP contribution in [0.15, 0.2) is 24.3 Å². The fraction of sp³-hybridized carbons (Fsp3) is 0.591. The van der Waals surface area contributed by atoms with Crippen molar-refractivity contribution in [3.63, 3.8) is 0 Å². The van der Waals surface area contributed by atoms with E-state index in [0.717, 1.165) is 11.3 Å². The molecule has 0 aromatic heterocycles. The summed E-state index contributed by atoms with van der Waals surface area (Å²) in [5.74, 6) is 0.389. The van der Waals surface area contributed by atoms with Crippen molar-refractivity contribution in [2.75, 3.05) is 47.5 Å². The van der Waals surface area contributed by atoms with Crippen molar-refractivity contribution in [3.05, 3.63) is 29.8 Å². The van der Waals surface area contributed by atoms with Crippen molar-refractivity contribution < 1.29 is 23.9 Å². The third-order valence-corrected chi connectivity index (χ3v) is 5.88. The van der Waals surface area contributed by atoms with Gasteiger partial charge in [0.05, 0.1) is 26.8 Å². The monoisotopic (exact) mass is 447 g/mol. The lowest BCUT2D eigenvalue weighted by Crippen LogP contribution is -2.76. The van der Waals surface area contributed by atoms with E-state index >= 15 is 0 Å². The second-order valence-electron chi connectivity index (χ2n) is 8.41. The number of hydrogen-bond donors (Lipinski definition) is 1. The van der Waals surface area contributed by atoms with Gasteiger partial charge in [0.2, 0.25) is 11.8 Å². The normalized spacial score (nSPS) is 21.8. The minimum absolute atomic E-state index is 0.0288. The number of carbonyl (C=O) groups excluding carboxylic acids is 3. The van der Waals surface area contributed by atoms with Crippen LogP contribution in [0.4, 0.5) is 4.79 Å². The topological polar surface area (TPSA) is 94.7 Å². The fourth-order valence-corrected chi connectivity index (χ4v) is 4.27. The average Bonchev–Trinajstić information content (AvgIpc) is 2.76. The van der Waals surface area contributed by atoms with Gasteiger partial charge in [-0.2, -0.15) is 0 Å². The summed E-state index contributed by atoms with van der Waals surface area (Å²) >= 11 is 0. The first kappa shape index (κ1) is 23.8. The highest BCUT2D eigenvalue weighted by molar-refractivity contribution is 5.91. The summed E-state index contributed by atoms with van der Waals surface area (Å²) in [5, 5.41) is 6.10. The molecule has 1 aromatic carbocycles. The molecule has 3 rings (SSSR count). The molecular formula is C22H33N5O5. The number of likely N-dealkylation sites (N-methyl/N-ethyl adjacent to an activating group) is 1. The average molecular weight is 448 g/mol. The van der Waals surface area contributed by atoms with Gasteiger partial charge in [0, 0.05) is 27.2 Å². The van der Waals surface area contributed by atoms with Crippen molar-refractivity contribution in [1.29, 1.82) is 0 Å². The predicted molar refractivity (Wildman–Crippen MR) is 117 cm³/mol. The molecule has 176 valence electrons. The van der Waals surface area contributed by atoms with Crippen LogP contribution in [0.3, 0.4) is 0 Å². The van der Waals surface area contributed by atoms with Crippen molar-refractivity contribution in [1.82, 2.24) is 25.1 Å². The molecular weight excluding hydrogens is 414 g/mol. The number of urea groups is 1. The van der Waals surface area contributed by atoms with Crippen molar-refractivity contribution in [2.24, 2.45) is 5.92 Å². The second kappa shape index (κ2) is 10.2. The summed E-state index contributed by atoms with van der Waals surface area (Å²) in [4.78, 5) is 42.6. The van der Waals surface area contributed by atoms with Crippen LogP contribution in [0.5, 0.6) is 5.75 Å². The Morgan fingerprint density at radius 2 is 1.88 bits per heavy atom. The minimum atomic E-state index is -0.622. The first-order valence-electron chi connectivity index (χ1n) is 10.8. The van der Waals surface area contributed by atoms with Gasteiger partial charge in [0.15, 0.2) is 0 Å². The maximum Gasteiger partial charge on any atom is 0.334 e. The summed E-state index contributed by atoms with van der Waals surface area (Å²) in [7, 11) is 4.89. The number of methoxy groups -OCH3 is 2. The van der Waals surface area contributed by atoms with Gasteiger partial charge in [-0.3, -0.25) is 9.59 Å². The van der Waals surface area contributed by atoms with E-state index in [9.17, 15) is 14.4 Å². The van der Waals surface area contributed by atoms with Crippen LogP contribution in [-0.2, 0) is 20.9 Å². The number of ether oxygens (including phenoxy) is 2. The smallest absolute Gasteiger partial charge is 0.334 e. The summed E-state index contributed by atoms with van der Waals surface area (Å²) < 4.78 is 10.3. The van der Waals surface area contributed by atoms with E-state index in [1.54, 1.807) is 41.1 Å². The van der Waals surface area contributed by atoms with Crippen molar-refractivity contribution in [2.45, 2.75) is 32.6 Å². The summed E-state index contributed by atoms with van der Waals surface area (Å²) in [6.45, 7) is 5.21. The number of amides is 4. The lowest BCUT2D eigenvalue weighted by molar-refractivity contribution is -0.190. The molecule has 0 unspecified atom stereocenters. The third kappa shape index (κ3) is 4.81. The van der Waals surface area contributed by atoms with Crippen LogP contribution >= 0.6 is 0 Å². The molecule has 2 atom stereocenters. The molecule has 1 N–H and O–H groups in total. The molecule has 2 aliphatic heterocycles. The molecule has 4 amide bonds. The highest BCUT2D eigenvalue weighted by Gasteiger charge is 2.51. The number of carbonyl (C=O) groups is 3. The molecule has 2 heterocycles. The molecule has 2 aliphatic rings. The summed E-state index contributed by atoms with van der Waals surface area (Å²) in [5.41, 5.74) is 0.923. The van der Waals surface area contributed by atoms with Gasteiger partial charge in [-0.25, -0.2) is 14.8 Å². The zero-order chi connectivity index (χ0) is 23.4. The number of hydrazine groups is 1. The number of hydrogen-bond acceptors (Lipinski definition) is 6. The molecule has 1 aromatic rings. The lowest BCUT2D eigenvalue weighted by atomic mass is 9.96. The Morgan fingerprint density at radius 1 is 1.19 bits per heavy atom. The predicted octanol–water partition coefficient (Wildman–Crippen LogP) is 0.735. The highest BCUT2D eigenvalue weighted by Crippen LogP contribution is 2.29. The highest BCUT2D eigenvalue weighted by atomic mass is 16.5. The van der Waals surface area contributed by atoms with Crippen molar-refractivity contribution in [3.8, 4) is 5.75 Å². The molecule has 10 nitrogen and oxygen atoms in total. The zero-order valence-electron chi connectivity index (χ0n) is 19.4. The molecule has 0 radical (unpaired) electrons. The maximum absolute atomic E-state index is 13.2. The Morgan fingerprint density at radius 3 is 2.47 bits per heavy atom. The Kier molecular flexibility index (Phi) is 7.57. The van der Waals surface area contributed by atoms with Crippen LogP contribution in [-0.4, -0.2) is 97.4 Å². The number of nitrogens with zero attached hydrogens (tertiary/aromatic N) is 4. The SMILES string of the molecule is COCCN1C[C@H]2N(C(=O)CN(C)N2C(=O)NCc2ccc(OC)cc2)[C@@H](C(C)C)C1=O. The Bertz CT molecular complexity index is 831. The van der Waals surface area contributed by atoms with E-state index in [0.29, 0.717) is 19.7 Å². The minimum Gasteiger partial charge on any atom is -0.497 e. The van der Waals surface area contributed by atoms with Gasteiger partial charge in [-0.05, 0) is 23.6 Å². The number of piperazine rings is 1. The van der Waals surface area contributed by atoms with Crippen LogP contribution in [0.25, 0.3) is 0 Å². The lowest BCUT2D eigenvalue weighted by Gasteiger charge is -2.55. The standard InChI is InChI=1S/C22H33N5O5/c1-15(2)20-21(29)25(10-11-31-4)13-18-26(20)19(28)14-24(3)27(18)22(30)23-12-16-6-8-17(32-5)9-7-16/h6-9,15,18,20H,10-14H2,1-5H3,(H,23,30)/t18-,20-/m0/s1. The number of benzene rings is 1. The molecule has 0 saturated carbocycles.